The van der Waals surface area contributed by atoms with Crippen LogP contribution in [-0.4, -0.2) is 27.7 Å². The van der Waals surface area contributed by atoms with Gasteiger partial charge in [-0.15, -0.1) is 0 Å². The number of rotatable bonds is 3. The number of hydrogen-bond acceptors (Lipinski definition) is 6. The number of aromatic nitrogens is 2. The third-order valence-electron chi connectivity index (χ3n) is 4.45. The molecule has 0 radical (unpaired) electrons. The minimum absolute atomic E-state index is 0.385. The van der Waals surface area contributed by atoms with Crippen molar-refractivity contribution in [2.75, 3.05) is 12.8 Å². The summed E-state index contributed by atoms with van der Waals surface area (Å²) in [5.41, 5.74) is 2.78. The van der Waals surface area contributed by atoms with Crippen molar-refractivity contribution in [2.24, 2.45) is 0 Å². The molecule has 26 heavy (non-hydrogen) atoms. The zero-order chi connectivity index (χ0) is 18.3. The van der Waals surface area contributed by atoms with E-state index < -0.39 is 0 Å². The Morgan fingerprint density at radius 3 is 3.08 bits per heavy atom. The monoisotopic (exact) mass is 451 g/mol. The van der Waals surface area contributed by atoms with E-state index in [4.69, 9.17) is 16.0 Å². The molecular weight excluding hydrogens is 438 g/mol. The largest absolute Gasteiger partial charge is 0.422 e. The summed E-state index contributed by atoms with van der Waals surface area (Å²) in [5, 5.41) is 1.99. The van der Waals surface area contributed by atoms with E-state index in [9.17, 15) is 4.79 Å². The first-order chi connectivity index (χ1) is 12.5. The first-order valence-corrected chi connectivity index (χ1v) is 10.5. The van der Waals surface area contributed by atoms with Crippen molar-refractivity contribution >= 4 is 50.3 Å². The summed E-state index contributed by atoms with van der Waals surface area (Å²) < 4.78 is 6.34. The number of hydrogen-bond donors (Lipinski definition) is 0. The number of halogens is 2. The summed E-state index contributed by atoms with van der Waals surface area (Å²) in [7, 11) is 0. The Kier molecular flexibility index (Phi) is 5.05. The van der Waals surface area contributed by atoms with Crippen LogP contribution in [0.25, 0.3) is 11.0 Å². The highest BCUT2D eigenvalue weighted by atomic mass is 79.9. The Morgan fingerprint density at radius 1 is 1.42 bits per heavy atom. The molecule has 0 aliphatic carbocycles. The second kappa shape index (κ2) is 7.31. The lowest BCUT2D eigenvalue weighted by Gasteiger charge is -2.27. The maximum atomic E-state index is 12.4. The van der Waals surface area contributed by atoms with Crippen LogP contribution >= 0.6 is 39.3 Å². The van der Waals surface area contributed by atoms with Gasteiger partial charge in [0.2, 0.25) is 0 Å². The van der Waals surface area contributed by atoms with Gasteiger partial charge in [-0.05, 0) is 24.5 Å². The van der Waals surface area contributed by atoms with Crippen molar-refractivity contribution in [1.82, 2.24) is 14.9 Å². The van der Waals surface area contributed by atoms with E-state index in [0.29, 0.717) is 29.3 Å². The molecule has 0 bridgehead atoms. The molecule has 0 N–H and O–H groups in total. The Balaban J connectivity index is 1.64. The molecule has 5 nitrogen and oxygen atoms in total. The molecule has 4 rings (SSSR count). The first kappa shape index (κ1) is 18.0. The Bertz CT molecular complexity index is 1060. The molecule has 0 saturated heterocycles. The van der Waals surface area contributed by atoms with Crippen molar-refractivity contribution in [3.63, 3.8) is 0 Å². The van der Waals surface area contributed by atoms with Crippen LogP contribution in [0, 0.1) is 0 Å². The third-order valence-corrected chi connectivity index (χ3v) is 5.93. The molecule has 0 fully saturated rings. The molecule has 0 spiro atoms. The number of thioether (sulfide) groups is 1. The zero-order valence-electron chi connectivity index (χ0n) is 14.0. The van der Waals surface area contributed by atoms with Gasteiger partial charge < -0.3 is 4.42 Å². The fourth-order valence-corrected chi connectivity index (χ4v) is 4.13. The van der Waals surface area contributed by atoms with E-state index in [-0.39, 0.29) is 5.63 Å². The van der Waals surface area contributed by atoms with Crippen molar-refractivity contribution in [3.8, 4) is 0 Å². The Hall–Kier alpha value is -1.41. The van der Waals surface area contributed by atoms with Crippen LogP contribution in [0.15, 0.2) is 43.2 Å². The average Bonchev–Trinajstić information content (AvgIpc) is 2.65. The van der Waals surface area contributed by atoms with E-state index >= 15 is 0 Å². The standard InChI is InChI=1S/C18H15BrClN3O2S/c1-26-18-21-7-10-8-23(5-4-14(10)22-18)9-13-16(20)12-6-11(19)2-3-15(12)25-17(13)24/h2-3,6-7H,4-5,8-9H2,1H3. The molecule has 1 aliphatic heterocycles. The van der Waals surface area contributed by atoms with E-state index in [1.807, 2.05) is 24.6 Å². The highest BCUT2D eigenvalue weighted by Gasteiger charge is 2.22. The van der Waals surface area contributed by atoms with Crippen molar-refractivity contribution in [3.05, 3.63) is 61.1 Å². The summed E-state index contributed by atoms with van der Waals surface area (Å²) in [6.07, 6.45) is 4.67. The first-order valence-electron chi connectivity index (χ1n) is 8.07. The lowest BCUT2D eigenvalue weighted by molar-refractivity contribution is 0.239. The number of fused-ring (bicyclic) bond motifs is 2. The predicted octanol–water partition coefficient (Wildman–Crippen LogP) is 4.28. The van der Waals surface area contributed by atoms with E-state index in [1.54, 1.807) is 17.8 Å². The van der Waals surface area contributed by atoms with Crippen LogP contribution in [0.1, 0.15) is 16.8 Å². The lowest BCUT2D eigenvalue weighted by Crippen LogP contribution is -2.32. The summed E-state index contributed by atoms with van der Waals surface area (Å²) >= 11 is 11.5. The second-order valence-corrected chi connectivity index (χ2v) is 8.18. The topological polar surface area (TPSA) is 59.2 Å². The van der Waals surface area contributed by atoms with Crippen LogP contribution in [0.2, 0.25) is 5.02 Å². The fourth-order valence-electron chi connectivity index (χ4n) is 3.12. The van der Waals surface area contributed by atoms with Gasteiger partial charge in [-0.1, -0.05) is 39.3 Å². The van der Waals surface area contributed by atoms with Gasteiger partial charge in [0, 0.05) is 47.7 Å². The van der Waals surface area contributed by atoms with Crippen molar-refractivity contribution in [1.29, 1.82) is 0 Å². The minimum Gasteiger partial charge on any atom is -0.422 e. The van der Waals surface area contributed by atoms with Crippen molar-refractivity contribution < 1.29 is 4.42 Å². The molecule has 0 amide bonds. The van der Waals surface area contributed by atoms with E-state index in [1.165, 1.54) is 0 Å². The molecule has 1 aromatic carbocycles. The fraction of sp³-hybridized carbons (Fsp3) is 0.278. The lowest BCUT2D eigenvalue weighted by atomic mass is 10.1. The predicted molar refractivity (Wildman–Crippen MR) is 107 cm³/mol. The maximum Gasteiger partial charge on any atom is 0.342 e. The molecule has 0 saturated carbocycles. The van der Waals surface area contributed by atoms with Gasteiger partial charge in [-0.3, -0.25) is 4.90 Å². The van der Waals surface area contributed by atoms with Gasteiger partial charge >= 0.3 is 5.63 Å². The van der Waals surface area contributed by atoms with E-state index in [2.05, 4.69) is 30.8 Å². The van der Waals surface area contributed by atoms with Crippen LogP contribution in [-0.2, 0) is 19.5 Å². The van der Waals surface area contributed by atoms with Crippen LogP contribution in [0.5, 0.6) is 0 Å². The molecular formula is C18H15BrClN3O2S. The van der Waals surface area contributed by atoms with Crippen LogP contribution < -0.4 is 5.63 Å². The maximum absolute atomic E-state index is 12.4. The van der Waals surface area contributed by atoms with Crippen LogP contribution in [0.4, 0.5) is 0 Å². The SMILES string of the molecule is CSc1ncc2c(n1)CCN(Cc1c(Cl)c3cc(Br)ccc3oc1=O)C2. The molecule has 8 heteroatoms. The minimum atomic E-state index is -0.385. The zero-order valence-corrected chi connectivity index (χ0v) is 17.1. The van der Waals surface area contributed by atoms with Gasteiger partial charge in [0.15, 0.2) is 5.16 Å². The summed E-state index contributed by atoms with van der Waals surface area (Å²) in [5.74, 6) is 0. The van der Waals surface area contributed by atoms with Gasteiger partial charge in [0.1, 0.15) is 5.58 Å². The van der Waals surface area contributed by atoms with E-state index in [0.717, 1.165) is 39.2 Å². The van der Waals surface area contributed by atoms with Gasteiger partial charge in [-0.25, -0.2) is 14.8 Å². The normalized spacial score (nSPS) is 14.6. The number of benzene rings is 1. The average molecular weight is 453 g/mol. The molecule has 0 atom stereocenters. The quantitative estimate of drug-likeness (QED) is 0.336. The molecule has 3 aromatic rings. The Labute approximate surface area is 167 Å². The summed E-state index contributed by atoms with van der Waals surface area (Å²) in [6.45, 7) is 1.94. The highest BCUT2D eigenvalue weighted by Crippen LogP contribution is 2.29. The van der Waals surface area contributed by atoms with Gasteiger partial charge in [0.05, 0.1) is 16.3 Å². The third kappa shape index (κ3) is 3.41. The highest BCUT2D eigenvalue weighted by molar-refractivity contribution is 9.10. The summed E-state index contributed by atoms with van der Waals surface area (Å²) in [4.78, 5) is 23.5. The molecule has 2 aromatic heterocycles. The Morgan fingerprint density at radius 2 is 2.27 bits per heavy atom. The number of nitrogens with zero attached hydrogens (tertiary/aromatic N) is 3. The molecule has 0 unspecified atom stereocenters. The van der Waals surface area contributed by atoms with Gasteiger partial charge in [-0.2, -0.15) is 0 Å². The smallest absolute Gasteiger partial charge is 0.342 e. The second-order valence-electron chi connectivity index (χ2n) is 6.11. The van der Waals surface area contributed by atoms with Gasteiger partial charge in [0.25, 0.3) is 0 Å². The van der Waals surface area contributed by atoms with Crippen LogP contribution in [0.3, 0.4) is 0 Å². The van der Waals surface area contributed by atoms with Crippen molar-refractivity contribution in [2.45, 2.75) is 24.7 Å². The summed E-state index contributed by atoms with van der Waals surface area (Å²) in [6, 6.07) is 5.44. The molecule has 1 aliphatic rings. The molecule has 3 heterocycles. The molecule has 134 valence electrons.